The molecule has 0 atom stereocenters. The topological polar surface area (TPSA) is 58.5 Å². The van der Waals surface area contributed by atoms with Crippen LogP contribution in [-0.2, 0) is 18.6 Å². The van der Waals surface area contributed by atoms with Crippen LogP contribution in [0.15, 0.2) is 42.5 Å². The zero-order chi connectivity index (χ0) is 22.6. The van der Waals surface area contributed by atoms with Crippen molar-refractivity contribution in [2.45, 2.75) is 32.4 Å². The molecule has 4 aromatic rings. The zero-order valence-electron chi connectivity index (χ0n) is 17.4. The predicted octanol–water partition coefficient (Wildman–Crippen LogP) is 6.16. The van der Waals surface area contributed by atoms with E-state index in [1.54, 1.807) is 10.7 Å². The van der Waals surface area contributed by atoms with Crippen molar-refractivity contribution in [1.82, 2.24) is 19.7 Å². The molecule has 0 aliphatic heterocycles. The van der Waals surface area contributed by atoms with E-state index in [-0.39, 0.29) is 11.1 Å². The average molecular weight is 431 g/mol. The Kier molecular flexibility index (Phi) is 4.79. The Morgan fingerprint density at radius 3 is 2.26 bits per heavy atom. The Hall–Kier alpha value is -3.36. The first-order valence-corrected chi connectivity index (χ1v) is 9.60. The standard InChI is InChI=1S/C22H21F4N5/c1-21(2,3)18-11-19(30-31(18)4)27-15-10-17-16(9-14(15)23)28-20(29-17)12-5-7-13(8-6-12)22(24,25)26/h5-11H,1-4H3,(H,27,30)(H,28,29). The largest absolute Gasteiger partial charge is 0.416 e. The fourth-order valence-electron chi connectivity index (χ4n) is 3.45. The SMILES string of the molecule is Cn1nc(Nc2cc3[nH]c(-c4ccc(C(F)(F)F)cc4)nc3cc2F)cc1C(C)(C)C. The molecule has 2 aromatic heterocycles. The molecule has 0 bridgehead atoms. The molecule has 0 radical (unpaired) electrons. The van der Waals surface area contributed by atoms with Crippen molar-refractivity contribution in [3.63, 3.8) is 0 Å². The summed E-state index contributed by atoms with van der Waals surface area (Å²) < 4.78 is 54.7. The van der Waals surface area contributed by atoms with E-state index in [0.717, 1.165) is 17.8 Å². The number of hydrogen-bond acceptors (Lipinski definition) is 3. The van der Waals surface area contributed by atoms with Crippen LogP contribution in [0.4, 0.5) is 29.1 Å². The lowest BCUT2D eigenvalue weighted by atomic mass is 9.92. The third-order valence-electron chi connectivity index (χ3n) is 4.97. The Labute approximate surface area is 176 Å². The first kappa shape index (κ1) is 20.9. The van der Waals surface area contributed by atoms with Crippen LogP contribution in [0.3, 0.4) is 0 Å². The van der Waals surface area contributed by atoms with Crippen LogP contribution in [0.5, 0.6) is 0 Å². The maximum Gasteiger partial charge on any atom is 0.416 e. The van der Waals surface area contributed by atoms with Crippen LogP contribution < -0.4 is 5.32 Å². The molecule has 2 heterocycles. The van der Waals surface area contributed by atoms with Crippen LogP contribution in [0.25, 0.3) is 22.4 Å². The van der Waals surface area contributed by atoms with E-state index < -0.39 is 17.6 Å². The summed E-state index contributed by atoms with van der Waals surface area (Å²) in [6.07, 6.45) is -4.41. The van der Waals surface area contributed by atoms with Crippen molar-refractivity contribution in [3.05, 3.63) is 59.5 Å². The van der Waals surface area contributed by atoms with E-state index in [2.05, 4.69) is 41.2 Å². The van der Waals surface area contributed by atoms with Crippen molar-refractivity contribution < 1.29 is 17.6 Å². The summed E-state index contributed by atoms with van der Waals surface area (Å²) in [7, 11) is 1.83. The fourth-order valence-corrected chi connectivity index (χ4v) is 3.45. The monoisotopic (exact) mass is 431 g/mol. The number of rotatable bonds is 3. The molecule has 162 valence electrons. The number of hydrogen-bond donors (Lipinski definition) is 2. The summed E-state index contributed by atoms with van der Waals surface area (Å²) in [6.45, 7) is 6.19. The quantitative estimate of drug-likeness (QED) is 0.382. The average Bonchev–Trinajstić information content (AvgIpc) is 3.24. The molecule has 0 unspecified atom stereocenters. The first-order chi connectivity index (χ1) is 14.4. The number of imidazole rings is 1. The molecule has 0 amide bonds. The predicted molar refractivity (Wildman–Crippen MR) is 112 cm³/mol. The van der Waals surface area contributed by atoms with E-state index in [4.69, 9.17) is 0 Å². The van der Waals surface area contributed by atoms with Gasteiger partial charge in [0.15, 0.2) is 5.82 Å². The molecule has 2 aromatic carbocycles. The highest BCUT2D eigenvalue weighted by atomic mass is 19.4. The van der Waals surface area contributed by atoms with Gasteiger partial charge in [-0.25, -0.2) is 9.37 Å². The maximum atomic E-state index is 14.7. The molecule has 0 aliphatic rings. The third-order valence-corrected chi connectivity index (χ3v) is 4.97. The highest BCUT2D eigenvalue weighted by Gasteiger charge is 2.30. The Bertz CT molecular complexity index is 1240. The number of halogens is 4. The number of benzene rings is 2. The summed E-state index contributed by atoms with van der Waals surface area (Å²) in [4.78, 5) is 7.35. The van der Waals surface area contributed by atoms with Gasteiger partial charge in [-0.3, -0.25) is 4.68 Å². The number of nitrogens with one attached hydrogen (secondary N) is 2. The van der Waals surface area contributed by atoms with Gasteiger partial charge in [0, 0.05) is 35.9 Å². The number of nitrogens with zero attached hydrogens (tertiary/aromatic N) is 3. The Balaban J connectivity index is 1.65. The molecular weight excluding hydrogens is 410 g/mol. The molecule has 0 saturated carbocycles. The normalized spacial score (nSPS) is 12.5. The second-order valence-corrected chi connectivity index (χ2v) is 8.42. The summed E-state index contributed by atoms with van der Waals surface area (Å²) >= 11 is 0. The van der Waals surface area contributed by atoms with E-state index >= 15 is 0 Å². The minimum absolute atomic E-state index is 0.121. The minimum atomic E-state index is -4.41. The number of aromatic amines is 1. The van der Waals surface area contributed by atoms with Gasteiger partial charge in [-0.2, -0.15) is 18.3 Å². The van der Waals surface area contributed by atoms with Crippen LogP contribution in [0, 0.1) is 5.82 Å². The van der Waals surface area contributed by atoms with Crippen molar-refractivity contribution in [1.29, 1.82) is 0 Å². The lowest BCUT2D eigenvalue weighted by molar-refractivity contribution is -0.137. The van der Waals surface area contributed by atoms with Crippen LogP contribution in [-0.4, -0.2) is 19.7 Å². The molecular formula is C22H21F4N5. The summed E-state index contributed by atoms with van der Waals surface area (Å²) in [5.41, 5.74) is 1.73. The number of aromatic nitrogens is 4. The molecule has 0 aliphatic carbocycles. The van der Waals surface area contributed by atoms with Gasteiger partial charge in [0.25, 0.3) is 0 Å². The molecule has 2 N–H and O–H groups in total. The molecule has 9 heteroatoms. The third kappa shape index (κ3) is 4.12. The maximum absolute atomic E-state index is 14.7. The van der Waals surface area contributed by atoms with E-state index in [1.807, 2.05) is 13.1 Å². The number of alkyl halides is 3. The molecule has 0 spiro atoms. The van der Waals surface area contributed by atoms with Crippen molar-refractivity contribution in [2.75, 3.05) is 5.32 Å². The minimum Gasteiger partial charge on any atom is -0.338 e. The van der Waals surface area contributed by atoms with Crippen molar-refractivity contribution in [3.8, 4) is 11.4 Å². The molecule has 0 fully saturated rings. The fraction of sp³-hybridized carbons (Fsp3) is 0.273. The first-order valence-electron chi connectivity index (χ1n) is 9.60. The van der Waals surface area contributed by atoms with Crippen LogP contribution in [0.1, 0.15) is 32.0 Å². The lowest BCUT2D eigenvalue weighted by Crippen LogP contribution is -2.16. The van der Waals surface area contributed by atoms with Gasteiger partial charge in [0.1, 0.15) is 11.6 Å². The zero-order valence-corrected chi connectivity index (χ0v) is 17.4. The number of fused-ring (bicyclic) bond motifs is 1. The molecule has 4 rings (SSSR count). The smallest absolute Gasteiger partial charge is 0.338 e. The second kappa shape index (κ2) is 7.11. The summed E-state index contributed by atoms with van der Waals surface area (Å²) in [5.74, 6) is 0.349. The van der Waals surface area contributed by atoms with Gasteiger partial charge < -0.3 is 10.3 Å². The van der Waals surface area contributed by atoms with Crippen molar-refractivity contribution in [2.24, 2.45) is 7.05 Å². The summed E-state index contributed by atoms with van der Waals surface area (Å²) in [6, 6.07) is 9.35. The second-order valence-electron chi connectivity index (χ2n) is 8.42. The van der Waals surface area contributed by atoms with Gasteiger partial charge >= 0.3 is 6.18 Å². The number of aryl methyl sites for hydroxylation is 1. The lowest BCUT2D eigenvalue weighted by Gasteiger charge is -2.17. The van der Waals surface area contributed by atoms with E-state index in [9.17, 15) is 17.6 Å². The van der Waals surface area contributed by atoms with Crippen molar-refractivity contribution >= 4 is 22.5 Å². The van der Waals surface area contributed by atoms with Crippen LogP contribution >= 0.6 is 0 Å². The molecule has 0 saturated heterocycles. The Morgan fingerprint density at radius 2 is 1.68 bits per heavy atom. The van der Waals surface area contributed by atoms with Gasteiger partial charge in [-0.15, -0.1) is 0 Å². The molecule has 31 heavy (non-hydrogen) atoms. The van der Waals surface area contributed by atoms with Gasteiger partial charge in [0.05, 0.1) is 22.3 Å². The van der Waals surface area contributed by atoms with Gasteiger partial charge in [-0.1, -0.05) is 32.9 Å². The summed E-state index contributed by atoms with van der Waals surface area (Å²) in [5, 5.41) is 7.39. The van der Waals surface area contributed by atoms with Gasteiger partial charge in [0.2, 0.25) is 0 Å². The number of anilines is 2. The highest BCUT2D eigenvalue weighted by molar-refractivity contribution is 5.83. The highest BCUT2D eigenvalue weighted by Crippen LogP contribution is 2.32. The van der Waals surface area contributed by atoms with E-state index in [1.165, 1.54) is 18.2 Å². The number of H-pyrrole nitrogens is 1. The van der Waals surface area contributed by atoms with Crippen LogP contribution in [0.2, 0.25) is 0 Å². The van der Waals surface area contributed by atoms with Gasteiger partial charge in [-0.05, 0) is 18.2 Å². The Morgan fingerprint density at radius 1 is 1.00 bits per heavy atom. The molecule has 5 nitrogen and oxygen atoms in total. The van der Waals surface area contributed by atoms with E-state index in [0.29, 0.717) is 28.2 Å².